The van der Waals surface area contributed by atoms with E-state index in [1.807, 2.05) is 0 Å². The number of hydrogen-bond donors (Lipinski definition) is 3. The summed E-state index contributed by atoms with van der Waals surface area (Å²) in [5, 5.41) is 12.5. The molecule has 4 nitrogen and oxygen atoms in total. The molecule has 0 aliphatic carbocycles. The van der Waals surface area contributed by atoms with Crippen molar-refractivity contribution in [3.05, 3.63) is 23.0 Å². The SMILES string of the molecule is CC(C)(C)CC(CO)NC(=O)c1cc(Cl)c[nH]1. The molecule has 5 heteroatoms. The van der Waals surface area contributed by atoms with E-state index in [-0.39, 0.29) is 24.0 Å². The van der Waals surface area contributed by atoms with Gasteiger partial charge in [0.2, 0.25) is 0 Å². The van der Waals surface area contributed by atoms with E-state index >= 15 is 0 Å². The molecule has 0 radical (unpaired) electrons. The molecular weight excluding hydrogens is 240 g/mol. The van der Waals surface area contributed by atoms with Crippen molar-refractivity contribution in [2.75, 3.05) is 6.61 Å². The fourth-order valence-electron chi connectivity index (χ4n) is 1.66. The zero-order chi connectivity index (χ0) is 13.1. The quantitative estimate of drug-likeness (QED) is 0.775. The maximum atomic E-state index is 11.8. The fourth-order valence-corrected chi connectivity index (χ4v) is 1.83. The number of aliphatic hydroxyl groups excluding tert-OH is 1. The predicted molar refractivity (Wildman–Crippen MR) is 68.2 cm³/mol. The van der Waals surface area contributed by atoms with Crippen molar-refractivity contribution in [3.8, 4) is 0 Å². The normalized spacial score (nSPS) is 13.5. The molecule has 0 fully saturated rings. The highest BCUT2D eigenvalue weighted by Crippen LogP contribution is 2.20. The number of H-pyrrole nitrogens is 1. The molecule has 1 amide bonds. The number of aliphatic hydroxyl groups is 1. The van der Waals surface area contributed by atoms with E-state index in [0.717, 1.165) is 0 Å². The molecule has 17 heavy (non-hydrogen) atoms. The van der Waals surface area contributed by atoms with Crippen LogP contribution >= 0.6 is 11.6 Å². The number of hydrogen-bond acceptors (Lipinski definition) is 2. The average Bonchev–Trinajstić information content (AvgIpc) is 2.61. The number of aromatic amines is 1. The van der Waals surface area contributed by atoms with Gasteiger partial charge in [-0.1, -0.05) is 32.4 Å². The van der Waals surface area contributed by atoms with Gasteiger partial charge in [0, 0.05) is 6.20 Å². The number of nitrogens with one attached hydrogen (secondary N) is 2. The van der Waals surface area contributed by atoms with Crippen LogP contribution in [0, 0.1) is 5.41 Å². The Bertz CT molecular complexity index is 382. The molecule has 0 saturated carbocycles. The maximum Gasteiger partial charge on any atom is 0.268 e. The van der Waals surface area contributed by atoms with E-state index in [1.165, 1.54) is 0 Å². The third kappa shape index (κ3) is 4.79. The summed E-state index contributed by atoms with van der Waals surface area (Å²) in [5.74, 6) is -0.250. The number of rotatable bonds is 4. The lowest BCUT2D eigenvalue weighted by Gasteiger charge is -2.25. The number of aromatic nitrogens is 1. The number of carbonyl (C=O) groups is 1. The van der Waals surface area contributed by atoms with Gasteiger partial charge in [-0.15, -0.1) is 0 Å². The molecule has 0 aliphatic heterocycles. The van der Waals surface area contributed by atoms with E-state index in [9.17, 15) is 9.90 Å². The highest BCUT2D eigenvalue weighted by Gasteiger charge is 2.20. The largest absolute Gasteiger partial charge is 0.394 e. The summed E-state index contributed by atoms with van der Waals surface area (Å²) in [7, 11) is 0. The molecule has 1 unspecified atom stereocenters. The van der Waals surface area contributed by atoms with Crippen LogP contribution in [0.3, 0.4) is 0 Å². The van der Waals surface area contributed by atoms with Gasteiger partial charge in [-0.2, -0.15) is 0 Å². The van der Waals surface area contributed by atoms with Crippen LogP contribution in [-0.4, -0.2) is 28.6 Å². The first-order chi connectivity index (χ1) is 7.81. The molecule has 1 aromatic heterocycles. The smallest absolute Gasteiger partial charge is 0.268 e. The minimum atomic E-state index is -0.250. The van der Waals surface area contributed by atoms with Crippen molar-refractivity contribution in [3.63, 3.8) is 0 Å². The second kappa shape index (κ2) is 5.56. The molecule has 1 atom stereocenters. The first kappa shape index (κ1) is 14.1. The van der Waals surface area contributed by atoms with Gasteiger partial charge >= 0.3 is 0 Å². The van der Waals surface area contributed by atoms with E-state index in [4.69, 9.17) is 11.6 Å². The molecule has 0 aliphatic rings. The molecule has 1 aromatic rings. The van der Waals surface area contributed by atoms with Crippen molar-refractivity contribution >= 4 is 17.5 Å². The number of amides is 1. The Morgan fingerprint density at radius 1 is 1.59 bits per heavy atom. The topological polar surface area (TPSA) is 65.1 Å². The highest BCUT2D eigenvalue weighted by atomic mass is 35.5. The van der Waals surface area contributed by atoms with Crippen LogP contribution < -0.4 is 5.32 Å². The van der Waals surface area contributed by atoms with Crippen LogP contribution in [0.15, 0.2) is 12.3 Å². The molecule has 1 rings (SSSR count). The third-order valence-electron chi connectivity index (χ3n) is 2.31. The van der Waals surface area contributed by atoms with Crippen LogP contribution in [0.25, 0.3) is 0 Å². The summed E-state index contributed by atoms with van der Waals surface area (Å²) in [6, 6.07) is 1.31. The maximum absolute atomic E-state index is 11.8. The molecule has 1 heterocycles. The lowest BCUT2D eigenvalue weighted by molar-refractivity contribution is 0.0893. The summed E-state index contributed by atoms with van der Waals surface area (Å²) < 4.78 is 0. The Kier molecular flexibility index (Phi) is 4.60. The molecule has 96 valence electrons. The second-order valence-corrected chi connectivity index (χ2v) is 5.79. The van der Waals surface area contributed by atoms with E-state index in [2.05, 4.69) is 31.1 Å². The molecule has 0 aromatic carbocycles. The predicted octanol–water partition coefficient (Wildman–Crippen LogP) is 2.19. The monoisotopic (exact) mass is 258 g/mol. The summed E-state index contributed by atoms with van der Waals surface area (Å²) in [6.07, 6.45) is 2.26. The van der Waals surface area contributed by atoms with Crippen molar-refractivity contribution in [2.24, 2.45) is 5.41 Å². The fraction of sp³-hybridized carbons (Fsp3) is 0.583. The van der Waals surface area contributed by atoms with Gasteiger partial charge in [-0.3, -0.25) is 4.79 Å². The molecule has 0 spiro atoms. The minimum Gasteiger partial charge on any atom is -0.394 e. The van der Waals surface area contributed by atoms with Crippen LogP contribution in [0.5, 0.6) is 0 Å². The van der Waals surface area contributed by atoms with Crippen molar-refractivity contribution in [1.82, 2.24) is 10.3 Å². The van der Waals surface area contributed by atoms with Gasteiger partial charge in [0.05, 0.1) is 17.7 Å². The Labute approximate surface area is 106 Å². The molecular formula is C12H19ClN2O2. The summed E-state index contributed by atoms with van der Waals surface area (Å²) in [5.41, 5.74) is 0.455. The van der Waals surface area contributed by atoms with E-state index in [0.29, 0.717) is 17.1 Å². The lowest BCUT2D eigenvalue weighted by Crippen LogP contribution is -2.40. The third-order valence-corrected chi connectivity index (χ3v) is 2.53. The summed E-state index contributed by atoms with van der Waals surface area (Å²) in [4.78, 5) is 14.6. The molecule has 0 bridgehead atoms. The number of carbonyl (C=O) groups excluding carboxylic acids is 1. The molecule has 0 saturated heterocycles. The Balaban J connectivity index is 2.60. The van der Waals surface area contributed by atoms with Gasteiger partial charge < -0.3 is 15.4 Å². The Hall–Kier alpha value is -1.00. The Morgan fingerprint density at radius 2 is 2.24 bits per heavy atom. The van der Waals surface area contributed by atoms with Crippen molar-refractivity contribution in [1.29, 1.82) is 0 Å². The standard InChI is InChI=1S/C12H19ClN2O2/c1-12(2,3)5-9(7-16)15-11(17)10-4-8(13)6-14-10/h4,6,9,14,16H,5,7H2,1-3H3,(H,15,17). The van der Waals surface area contributed by atoms with Crippen LogP contribution in [-0.2, 0) is 0 Å². The second-order valence-electron chi connectivity index (χ2n) is 5.35. The zero-order valence-corrected chi connectivity index (χ0v) is 11.1. The van der Waals surface area contributed by atoms with Crippen molar-refractivity contribution < 1.29 is 9.90 Å². The molecule has 3 N–H and O–H groups in total. The van der Waals surface area contributed by atoms with Crippen LogP contribution in [0.1, 0.15) is 37.7 Å². The Morgan fingerprint density at radius 3 is 2.65 bits per heavy atom. The van der Waals surface area contributed by atoms with Crippen LogP contribution in [0.2, 0.25) is 5.02 Å². The van der Waals surface area contributed by atoms with Crippen LogP contribution in [0.4, 0.5) is 0 Å². The van der Waals surface area contributed by atoms with Gasteiger partial charge in [0.25, 0.3) is 5.91 Å². The van der Waals surface area contributed by atoms with Gasteiger partial charge in [-0.25, -0.2) is 0 Å². The van der Waals surface area contributed by atoms with Gasteiger partial charge in [-0.05, 0) is 17.9 Å². The van der Waals surface area contributed by atoms with E-state index < -0.39 is 0 Å². The first-order valence-electron chi connectivity index (χ1n) is 5.57. The average molecular weight is 259 g/mol. The van der Waals surface area contributed by atoms with Gasteiger partial charge in [0.15, 0.2) is 0 Å². The van der Waals surface area contributed by atoms with E-state index in [1.54, 1.807) is 12.3 Å². The number of halogens is 1. The summed E-state index contributed by atoms with van der Waals surface area (Å²) in [6.45, 7) is 6.12. The highest BCUT2D eigenvalue weighted by molar-refractivity contribution is 6.30. The minimum absolute atomic E-state index is 0.0497. The summed E-state index contributed by atoms with van der Waals surface area (Å²) >= 11 is 5.72. The lowest BCUT2D eigenvalue weighted by atomic mass is 9.88. The van der Waals surface area contributed by atoms with Crippen molar-refractivity contribution in [2.45, 2.75) is 33.2 Å². The first-order valence-corrected chi connectivity index (χ1v) is 5.95. The van der Waals surface area contributed by atoms with Gasteiger partial charge in [0.1, 0.15) is 5.69 Å². The zero-order valence-electron chi connectivity index (χ0n) is 10.4.